The van der Waals surface area contributed by atoms with Gasteiger partial charge >= 0.3 is 0 Å². The molecule has 1 aromatic heterocycles. The second kappa shape index (κ2) is 6.79. The summed E-state index contributed by atoms with van der Waals surface area (Å²) in [6, 6.07) is 11.2. The molecule has 1 saturated carbocycles. The van der Waals surface area contributed by atoms with E-state index in [1.165, 1.54) is 31.2 Å². The molecule has 0 bridgehead atoms. The van der Waals surface area contributed by atoms with Gasteiger partial charge in [0.05, 0.1) is 5.69 Å². The molecule has 5 heteroatoms. The minimum Gasteiger partial charge on any atom is -0.339 e. The second-order valence-electron chi connectivity index (χ2n) is 8.69. The molecule has 2 saturated heterocycles. The molecular formula is C22H28N4O. The lowest BCUT2D eigenvalue weighted by Crippen LogP contribution is -2.54. The number of amides is 1. The lowest BCUT2D eigenvalue weighted by Gasteiger charge is -2.48. The molecule has 2 aliphatic heterocycles. The Morgan fingerprint density at radius 1 is 1.15 bits per heavy atom. The predicted molar refractivity (Wildman–Crippen MR) is 104 cm³/mol. The Labute approximate surface area is 161 Å². The molecule has 0 radical (unpaired) electrons. The summed E-state index contributed by atoms with van der Waals surface area (Å²) in [5, 5.41) is 4.35. The van der Waals surface area contributed by atoms with Crippen molar-refractivity contribution < 1.29 is 4.79 Å². The zero-order chi connectivity index (χ0) is 18.3. The number of aromatic nitrogens is 2. The first-order chi connectivity index (χ1) is 13.2. The van der Waals surface area contributed by atoms with Gasteiger partial charge in [0.15, 0.2) is 0 Å². The molecule has 3 heterocycles. The van der Waals surface area contributed by atoms with Gasteiger partial charge in [-0.1, -0.05) is 12.1 Å². The molecule has 142 valence electrons. The van der Waals surface area contributed by atoms with Crippen molar-refractivity contribution in [3.63, 3.8) is 0 Å². The van der Waals surface area contributed by atoms with Gasteiger partial charge in [-0.15, -0.1) is 0 Å². The van der Waals surface area contributed by atoms with Crippen molar-refractivity contribution in [3.05, 3.63) is 48.3 Å². The van der Waals surface area contributed by atoms with E-state index in [1.807, 2.05) is 23.1 Å². The van der Waals surface area contributed by atoms with Crippen molar-refractivity contribution in [2.75, 3.05) is 19.6 Å². The van der Waals surface area contributed by atoms with E-state index >= 15 is 0 Å². The zero-order valence-electron chi connectivity index (χ0n) is 15.9. The molecule has 3 aliphatic rings. The predicted octanol–water partition coefficient (Wildman–Crippen LogP) is 3.24. The number of carbonyl (C=O) groups excluding carboxylic acids is 1. The molecule has 0 unspecified atom stereocenters. The normalized spacial score (nSPS) is 26.7. The largest absolute Gasteiger partial charge is 0.339 e. The van der Waals surface area contributed by atoms with E-state index in [2.05, 4.69) is 39.2 Å². The number of benzene rings is 1. The minimum atomic E-state index is 0.314. The molecule has 3 fully saturated rings. The molecule has 2 aromatic rings. The Kier molecular flexibility index (Phi) is 4.27. The monoisotopic (exact) mass is 364 g/mol. The Bertz CT molecular complexity index is 813. The van der Waals surface area contributed by atoms with E-state index in [0.29, 0.717) is 17.4 Å². The van der Waals surface area contributed by atoms with Crippen LogP contribution in [0.3, 0.4) is 0 Å². The van der Waals surface area contributed by atoms with Crippen molar-refractivity contribution >= 4 is 5.91 Å². The fraction of sp³-hybridized carbons (Fsp3) is 0.545. The van der Waals surface area contributed by atoms with Gasteiger partial charge in [-0.3, -0.25) is 9.69 Å². The van der Waals surface area contributed by atoms with Crippen molar-refractivity contribution in [1.29, 1.82) is 0 Å². The standard InChI is InChI=1S/C22H28N4O/c27-21-8-10-22(17-25(21)19-6-7-19)9-2-12-24(16-22)15-18-4-1-5-20(14-18)26-13-3-11-23-26/h1,3-5,11,13-14,19H,2,6-10,12,15-17H2/t22-/m0/s1. The van der Waals surface area contributed by atoms with E-state index in [9.17, 15) is 4.79 Å². The Balaban J connectivity index is 1.29. The Morgan fingerprint density at radius 2 is 2.07 bits per heavy atom. The van der Waals surface area contributed by atoms with Crippen LogP contribution in [0.4, 0.5) is 0 Å². The molecule has 1 aromatic carbocycles. The lowest BCUT2D eigenvalue weighted by atomic mass is 9.73. The molecule has 1 amide bonds. The number of piperidine rings is 2. The van der Waals surface area contributed by atoms with Gasteiger partial charge in [0.1, 0.15) is 0 Å². The van der Waals surface area contributed by atoms with Crippen LogP contribution in [0.2, 0.25) is 0 Å². The number of nitrogens with zero attached hydrogens (tertiary/aromatic N) is 4. The van der Waals surface area contributed by atoms with Gasteiger partial charge in [-0.2, -0.15) is 5.10 Å². The fourth-order valence-electron chi connectivity index (χ4n) is 5.02. The fourth-order valence-corrected chi connectivity index (χ4v) is 5.02. The van der Waals surface area contributed by atoms with E-state index in [4.69, 9.17) is 0 Å². The van der Waals surface area contributed by atoms with Crippen LogP contribution in [-0.2, 0) is 11.3 Å². The number of hydrogen-bond donors (Lipinski definition) is 0. The molecular weight excluding hydrogens is 336 g/mol. The van der Waals surface area contributed by atoms with Gasteiger partial charge in [-0.25, -0.2) is 4.68 Å². The van der Waals surface area contributed by atoms with Crippen LogP contribution in [0.5, 0.6) is 0 Å². The summed E-state index contributed by atoms with van der Waals surface area (Å²) in [6.07, 6.45) is 10.6. The van der Waals surface area contributed by atoms with Gasteiger partial charge < -0.3 is 4.90 Å². The van der Waals surface area contributed by atoms with Crippen LogP contribution in [0, 0.1) is 5.41 Å². The highest BCUT2D eigenvalue weighted by Crippen LogP contribution is 2.42. The molecule has 5 nitrogen and oxygen atoms in total. The van der Waals surface area contributed by atoms with Crippen LogP contribution < -0.4 is 0 Å². The van der Waals surface area contributed by atoms with Crippen molar-refractivity contribution in [1.82, 2.24) is 19.6 Å². The minimum absolute atomic E-state index is 0.314. The summed E-state index contributed by atoms with van der Waals surface area (Å²) in [5.74, 6) is 0.396. The number of hydrogen-bond acceptors (Lipinski definition) is 3. The van der Waals surface area contributed by atoms with Crippen LogP contribution in [0.25, 0.3) is 5.69 Å². The van der Waals surface area contributed by atoms with Crippen LogP contribution in [-0.4, -0.2) is 51.2 Å². The Hall–Kier alpha value is -2.14. The summed E-state index contributed by atoms with van der Waals surface area (Å²) < 4.78 is 1.92. The highest BCUT2D eigenvalue weighted by atomic mass is 16.2. The number of rotatable bonds is 4. The maximum atomic E-state index is 12.3. The Morgan fingerprint density at radius 3 is 2.89 bits per heavy atom. The highest BCUT2D eigenvalue weighted by Gasteiger charge is 2.45. The smallest absolute Gasteiger partial charge is 0.222 e. The molecule has 1 aliphatic carbocycles. The topological polar surface area (TPSA) is 41.4 Å². The maximum Gasteiger partial charge on any atom is 0.222 e. The number of likely N-dealkylation sites (tertiary alicyclic amines) is 2. The molecule has 5 rings (SSSR count). The van der Waals surface area contributed by atoms with E-state index in [0.717, 1.165) is 44.7 Å². The maximum absolute atomic E-state index is 12.3. The first-order valence-corrected chi connectivity index (χ1v) is 10.3. The van der Waals surface area contributed by atoms with Crippen LogP contribution >= 0.6 is 0 Å². The van der Waals surface area contributed by atoms with Crippen LogP contribution in [0.1, 0.15) is 44.1 Å². The molecule has 27 heavy (non-hydrogen) atoms. The van der Waals surface area contributed by atoms with Gasteiger partial charge in [-0.05, 0) is 62.4 Å². The van der Waals surface area contributed by atoms with Crippen molar-refractivity contribution in [3.8, 4) is 5.69 Å². The van der Waals surface area contributed by atoms with E-state index in [-0.39, 0.29) is 0 Å². The highest BCUT2D eigenvalue weighted by molar-refractivity contribution is 5.78. The summed E-state index contributed by atoms with van der Waals surface area (Å²) >= 11 is 0. The quantitative estimate of drug-likeness (QED) is 0.836. The lowest BCUT2D eigenvalue weighted by molar-refractivity contribution is -0.140. The summed E-state index contributed by atoms with van der Waals surface area (Å²) in [7, 11) is 0. The molecule has 0 N–H and O–H groups in total. The van der Waals surface area contributed by atoms with Crippen LogP contribution in [0.15, 0.2) is 42.7 Å². The average Bonchev–Trinajstić information content (AvgIpc) is 3.38. The third-order valence-electron chi connectivity index (χ3n) is 6.51. The van der Waals surface area contributed by atoms with Gasteiger partial charge in [0, 0.05) is 49.9 Å². The van der Waals surface area contributed by atoms with Gasteiger partial charge in [0.2, 0.25) is 5.91 Å². The SMILES string of the molecule is O=C1CC[C@]2(CCCN(Cc3cccc(-n4cccn4)c3)C2)CN1C1CC1. The van der Waals surface area contributed by atoms with Crippen molar-refractivity contribution in [2.24, 2.45) is 5.41 Å². The number of carbonyl (C=O) groups is 1. The first-order valence-electron chi connectivity index (χ1n) is 10.3. The average molecular weight is 364 g/mol. The van der Waals surface area contributed by atoms with Gasteiger partial charge in [0.25, 0.3) is 0 Å². The third kappa shape index (κ3) is 3.53. The molecule has 1 atom stereocenters. The van der Waals surface area contributed by atoms with E-state index in [1.54, 1.807) is 0 Å². The van der Waals surface area contributed by atoms with E-state index < -0.39 is 0 Å². The van der Waals surface area contributed by atoms with Crippen molar-refractivity contribution in [2.45, 2.75) is 51.1 Å². The summed E-state index contributed by atoms with van der Waals surface area (Å²) in [4.78, 5) is 17.1. The third-order valence-corrected chi connectivity index (χ3v) is 6.51. The zero-order valence-corrected chi connectivity index (χ0v) is 15.9. The second-order valence-corrected chi connectivity index (χ2v) is 8.69. The molecule has 1 spiro atoms. The summed E-state index contributed by atoms with van der Waals surface area (Å²) in [6.45, 7) is 4.25. The first kappa shape index (κ1) is 17.0. The summed E-state index contributed by atoms with van der Waals surface area (Å²) in [5.41, 5.74) is 2.77.